The fourth-order valence-corrected chi connectivity index (χ4v) is 6.36. The number of carbonyl (C=O) groups is 1. The van der Waals surface area contributed by atoms with Crippen molar-refractivity contribution in [1.82, 2.24) is 4.98 Å². The smallest absolute Gasteiger partial charge is 0.406 e. The number of hydrogen-bond donors (Lipinski definition) is 0. The Morgan fingerprint density at radius 3 is 2.31 bits per heavy atom. The second-order valence-corrected chi connectivity index (χ2v) is 10.8. The van der Waals surface area contributed by atoms with E-state index in [-0.39, 0.29) is 27.2 Å². The second-order valence-electron chi connectivity index (χ2n) is 9.95. The number of halogens is 8. The molecule has 12 heteroatoms. The molecule has 4 aromatic rings. The largest absolute Gasteiger partial charge is 0.573 e. The Morgan fingerprint density at radius 2 is 1.62 bits per heavy atom. The third kappa shape index (κ3) is 6.29. The van der Waals surface area contributed by atoms with Gasteiger partial charge in [-0.1, -0.05) is 60.0 Å². The summed E-state index contributed by atoms with van der Waals surface area (Å²) < 4.78 is 82.9. The van der Waals surface area contributed by atoms with E-state index in [1.807, 2.05) is 30.5 Å². The van der Waals surface area contributed by atoms with Crippen molar-refractivity contribution in [3.63, 3.8) is 0 Å². The van der Waals surface area contributed by atoms with Gasteiger partial charge in [-0.3, -0.25) is 14.7 Å². The number of hydrogen-bond acceptors (Lipinski definition) is 3. The van der Waals surface area contributed by atoms with E-state index in [1.54, 1.807) is 0 Å². The van der Waals surface area contributed by atoms with Gasteiger partial charge in [-0.25, -0.2) is 0 Å². The lowest BCUT2D eigenvalue weighted by atomic mass is 9.75. The van der Waals surface area contributed by atoms with Crippen LogP contribution < -0.4 is 9.64 Å². The molecule has 3 unspecified atom stereocenters. The van der Waals surface area contributed by atoms with Crippen molar-refractivity contribution in [3.8, 4) is 5.75 Å². The Labute approximate surface area is 246 Å². The molecule has 4 nitrogen and oxygen atoms in total. The number of rotatable bonds is 2. The average Bonchev–Trinajstić information content (AvgIpc) is 3.42. The molecule has 1 saturated carbocycles. The van der Waals surface area contributed by atoms with E-state index in [0.717, 1.165) is 23.7 Å². The van der Waals surface area contributed by atoms with Crippen molar-refractivity contribution in [1.29, 1.82) is 0 Å². The normalized spacial score (nSPS) is 19.9. The molecule has 3 aromatic carbocycles. The number of carbonyl (C=O) groups excluding carboxylic acids is 1. The molecule has 0 bridgehead atoms. The molecule has 1 fully saturated rings. The average molecular weight is 627 g/mol. The summed E-state index contributed by atoms with van der Waals surface area (Å²) in [6.45, 7) is 0. The van der Waals surface area contributed by atoms with Gasteiger partial charge in [-0.15, -0.1) is 13.2 Å². The highest BCUT2D eigenvalue weighted by Gasteiger charge is 2.53. The number of ether oxygens (including phenoxy) is 1. The molecule has 0 spiro atoms. The van der Waals surface area contributed by atoms with Crippen LogP contribution in [0.5, 0.6) is 5.75 Å². The Morgan fingerprint density at radius 1 is 0.881 bits per heavy atom. The lowest BCUT2D eigenvalue weighted by Gasteiger charge is -2.45. The first-order chi connectivity index (χ1) is 19.8. The van der Waals surface area contributed by atoms with E-state index in [4.69, 9.17) is 23.2 Å². The van der Waals surface area contributed by atoms with Crippen molar-refractivity contribution >= 4 is 45.7 Å². The summed E-state index contributed by atoms with van der Waals surface area (Å²) in [5, 5.41) is 1.58. The molecule has 2 heterocycles. The SMILES string of the molecule is O=C(N1c2ccc(OC(F)(F)F)cc2C2CCCC2C1c1ccc(Cl)cc1Cl)C(F)(F)F.c1ccc2ncccc2c1. The van der Waals surface area contributed by atoms with Gasteiger partial charge in [0.2, 0.25) is 0 Å². The minimum Gasteiger partial charge on any atom is -0.406 e. The first kappa shape index (κ1) is 30.0. The lowest BCUT2D eigenvalue weighted by molar-refractivity contribution is -0.274. The van der Waals surface area contributed by atoms with Crippen LogP contribution in [0.1, 0.15) is 42.3 Å². The summed E-state index contributed by atoms with van der Waals surface area (Å²) in [6.07, 6.45) is -6.71. The van der Waals surface area contributed by atoms with Gasteiger partial charge in [-0.05, 0) is 78.3 Å². The molecule has 1 amide bonds. The predicted molar refractivity (Wildman–Crippen MR) is 148 cm³/mol. The van der Waals surface area contributed by atoms with Gasteiger partial charge in [0.25, 0.3) is 0 Å². The molecule has 0 radical (unpaired) electrons. The standard InChI is InChI=1S/C21H15Cl2F6NO2.C9H7N/c22-10-4-6-14(16(23)8-10)18-13-3-1-2-12(13)15-9-11(32-21(27,28)29)5-7-17(15)30(18)19(31)20(24,25)26;1-2-6-9-8(4-1)5-3-7-10-9/h4-9,12-13,18H,1-3H2;1-7H. The monoisotopic (exact) mass is 626 g/mol. The van der Waals surface area contributed by atoms with Crippen LogP contribution in [0, 0.1) is 5.92 Å². The molecule has 1 aromatic heterocycles. The fraction of sp³-hybridized carbons (Fsp3) is 0.267. The van der Waals surface area contributed by atoms with Crippen LogP contribution in [0.15, 0.2) is 79.0 Å². The molecule has 42 heavy (non-hydrogen) atoms. The number of aromatic nitrogens is 1. The number of amides is 1. The summed E-state index contributed by atoms with van der Waals surface area (Å²) in [5.41, 5.74) is 1.46. The highest BCUT2D eigenvalue weighted by molar-refractivity contribution is 6.35. The molecule has 0 N–H and O–H groups in total. The molecule has 220 valence electrons. The van der Waals surface area contributed by atoms with Crippen molar-refractivity contribution in [3.05, 3.63) is 100 Å². The van der Waals surface area contributed by atoms with Crippen molar-refractivity contribution in [2.45, 2.75) is 43.8 Å². The van der Waals surface area contributed by atoms with Crippen LogP contribution >= 0.6 is 23.2 Å². The van der Waals surface area contributed by atoms with E-state index in [1.165, 1.54) is 23.6 Å². The van der Waals surface area contributed by atoms with Gasteiger partial charge in [0.15, 0.2) is 0 Å². The third-order valence-electron chi connectivity index (χ3n) is 7.40. The van der Waals surface area contributed by atoms with E-state index >= 15 is 0 Å². The third-order valence-corrected chi connectivity index (χ3v) is 7.96. The minimum absolute atomic E-state index is 0.105. The number of para-hydroxylation sites is 1. The van der Waals surface area contributed by atoms with E-state index in [0.29, 0.717) is 29.7 Å². The number of pyridine rings is 1. The van der Waals surface area contributed by atoms with Crippen molar-refractivity contribution in [2.24, 2.45) is 5.92 Å². The maximum absolute atomic E-state index is 13.6. The Kier molecular flexibility index (Phi) is 8.31. The maximum Gasteiger partial charge on any atom is 0.573 e. The summed E-state index contributed by atoms with van der Waals surface area (Å²) in [6, 6.07) is 18.4. The van der Waals surface area contributed by atoms with Gasteiger partial charge in [0.1, 0.15) is 5.75 Å². The van der Waals surface area contributed by atoms with Crippen LogP contribution in [0.4, 0.5) is 32.0 Å². The Bertz CT molecular complexity index is 1550. The summed E-state index contributed by atoms with van der Waals surface area (Å²) >= 11 is 12.3. The first-order valence-electron chi connectivity index (χ1n) is 12.9. The van der Waals surface area contributed by atoms with Crippen LogP contribution in [-0.2, 0) is 4.79 Å². The zero-order chi connectivity index (χ0) is 30.2. The van der Waals surface area contributed by atoms with Crippen LogP contribution in [0.3, 0.4) is 0 Å². The molecule has 0 saturated heterocycles. The van der Waals surface area contributed by atoms with Crippen LogP contribution in [0.25, 0.3) is 10.9 Å². The molecule has 6 rings (SSSR count). The molecular formula is C30H22Cl2F6N2O2. The van der Waals surface area contributed by atoms with Crippen molar-refractivity contribution in [2.75, 3.05) is 4.90 Å². The van der Waals surface area contributed by atoms with Gasteiger partial charge in [-0.2, -0.15) is 13.2 Å². The molecular weight excluding hydrogens is 605 g/mol. The summed E-state index contributed by atoms with van der Waals surface area (Å²) in [5.74, 6) is -3.52. The maximum atomic E-state index is 13.6. The highest BCUT2D eigenvalue weighted by Crippen LogP contribution is 2.57. The van der Waals surface area contributed by atoms with Gasteiger partial charge in [0, 0.05) is 27.3 Å². The van der Waals surface area contributed by atoms with Gasteiger partial charge in [0.05, 0.1) is 11.6 Å². The van der Waals surface area contributed by atoms with Crippen LogP contribution in [-0.4, -0.2) is 23.4 Å². The fourth-order valence-electron chi connectivity index (χ4n) is 5.84. The number of nitrogens with zero attached hydrogens (tertiary/aromatic N) is 2. The van der Waals surface area contributed by atoms with E-state index in [9.17, 15) is 31.1 Å². The van der Waals surface area contributed by atoms with Gasteiger partial charge < -0.3 is 4.74 Å². The number of alkyl halides is 6. The van der Waals surface area contributed by atoms with E-state index in [2.05, 4.69) is 21.9 Å². The Balaban J connectivity index is 0.000000295. The van der Waals surface area contributed by atoms with Crippen LogP contribution in [0.2, 0.25) is 10.0 Å². The summed E-state index contributed by atoms with van der Waals surface area (Å²) in [4.78, 5) is 17.4. The quantitative estimate of drug-likeness (QED) is 0.208. The van der Waals surface area contributed by atoms with E-state index < -0.39 is 36.2 Å². The molecule has 1 aliphatic carbocycles. The van der Waals surface area contributed by atoms with Crippen molar-refractivity contribution < 1.29 is 35.9 Å². The lowest BCUT2D eigenvalue weighted by Crippen LogP contribution is -2.49. The predicted octanol–water partition coefficient (Wildman–Crippen LogP) is 9.66. The topological polar surface area (TPSA) is 42.4 Å². The molecule has 3 atom stereocenters. The van der Waals surface area contributed by atoms with Gasteiger partial charge >= 0.3 is 18.4 Å². The summed E-state index contributed by atoms with van der Waals surface area (Å²) in [7, 11) is 0. The number of fused-ring (bicyclic) bond motifs is 4. The molecule has 1 aliphatic heterocycles. The second kappa shape index (κ2) is 11.6. The Hall–Kier alpha value is -3.50. The number of anilines is 1. The number of benzene rings is 3. The zero-order valence-electron chi connectivity index (χ0n) is 21.6. The first-order valence-corrected chi connectivity index (χ1v) is 13.6. The zero-order valence-corrected chi connectivity index (χ0v) is 23.1. The highest BCUT2D eigenvalue weighted by atomic mass is 35.5. The minimum atomic E-state index is -5.21. The molecule has 2 aliphatic rings.